The lowest BCUT2D eigenvalue weighted by atomic mass is 10.1. The summed E-state index contributed by atoms with van der Waals surface area (Å²) in [6, 6.07) is 22.3. The molecule has 0 aliphatic carbocycles. The van der Waals surface area contributed by atoms with Gasteiger partial charge in [-0.05, 0) is 67.6 Å². The maximum absolute atomic E-state index is 13.8. The van der Waals surface area contributed by atoms with Crippen LogP contribution in [-0.2, 0) is 11.3 Å². The van der Waals surface area contributed by atoms with Gasteiger partial charge in [-0.1, -0.05) is 30.3 Å². The van der Waals surface area contributed by atoms with E-state index in [1.54, 1.807) is 37.3 Å². The fourth-order valence-corrected chi connectivity index (χ4v) is 4.56. The first kappa shape index (κ1) is 27.0. The number of amides is 1. The topological polar surface area (TPSA) is 78.7 Å². The fourth-order valence-electron chi connectivity index (χ4n) is 4.56. The molecule has 0 radical (unpaired) electrons. The van der Waals surface area contributed by atoms with Gasteiger partial charge in [0.2, 0.25) is 11.9 Å². The van der Waals surface area contributed by atoms with Crippen LogP contribution >= 0.6 is 0 Å². The third-order valence-electron chi connectivity index (χ3n) is 6.71. The van der Waals surface area contributed by atoms with Crippen molar-refractivity contribution in [3.63, 3.8) is 0 Å². The molecule has 0 bridgehead atoms. The molecule has 2 aromatic carbocycles. The number of imidazole rings is 1. The fraction of sp³-hybridized carbons (Fsp3) is 0.226. The van der Waals surface area contributed by atoms with Crippen LogP contribution in [0.15, 0.2) is 85.2 Å². The minimum atomic E-state index is -0.310. The lowest BCUT2D eigenvalue weighted by molar-refractivity contribution is -0.129. The summed E-state index contributed by atoms with van der Waals surface area (Å²) in [5, 5.41) is 3.39. The van der Waals surface area contributed by atoms with Crippen LogP contribution in [0.5, 0.6) is 0 Å². The number of benzene rings is 2. The highest BCUT2D eigenvalue weighted by Crippen LogP contribution is 2.33. The van der Waals surface area contributed by atoms with Crippen molar-refractivity contribution in [2.45, 2.75) is 19.5 Å². The Morgan fingerprint density at radius 1 is 1.00 bits per heavy atom. The van der Waals surface area contributed by atoms with Crippen LogP contribution in [-0.4, -0.2) is 62.7 Å². The second-order valence-electron chi connectivity index (χ2n) is 10.1. The zero-order chi connectivity index (χ0) is 28.2. The number of hydrogen-bond acceptors (Lipinski definition) is 6. The van der Waals surface area contributed by atoms with Gasteiger partial charge in [0.1, 0.15) is 11.5 Å². The number of likely N-dealkylation sites (N-methyl/N-ethyl adjacent to an activating group) is 2. The number of pyridine rings is 1. The zero-order valence-corrected chi connectivity index (χ0v) is 23.0. The molecular weight excluding hydrogens is 505 g/mol. The number of carbonyl (C=O) groups is 1. The quantitative estimate of drug-likeness (QED) is 0.275. The van der Waals surface area contributed by atoms with Gasteiger partial charge in [0.05, 0.1) is 29.7 Å². The highest BCUT2D eigenvalue weighted by Gasteiger charge is 2.19. The van der Waals surface area contributed by atoms with Gasteiger partial charge in [-0.15, -0.1) is 0 Å². The first-order valence-electron chi connectivity index (χ1n) is 13.1. The highest BCUT2D eigenvalue weighted by molar-refractivity contribution is 5.81. The molecule has 40 heavy (non-hydrogen) atoms. The number of nitrogens with zero attached hydrogens (tertiary/aromatic N) is 6. The molecule has 8 nitrogen and oxygen atoms in total. The van der Waals surface area contributed by atoms with Crippen LogP contribution in [0.4, 0.5) is 10.3 Å². The number of hydrogen-bond donors (Lipinski definition) is 1. The molecule has 204 valence electrons. The van der Waals surface area contributed by atoms with Gasteiger partial charge in [0.25, 0.3) is 0 Å². The number of aromatic nitrogens is 4. The molecule has 5 aromatic rings. The zero-order valence-electron chi connectivity index (χ0n) is 23.0. The van der Waals surface area contributed by atoms with Crippen molar-refractivity contribution < 1.29 is 9.18 Å². The standard InChI is InChI=1S/C31H32FN7O/c1-21(23-8-6-5-7-9-23)34-31-33-16-14-26(35-31)30-29(24-10-12-25(32)13-11-24)36-27-18-22(15-17-39(27)30)19-38(4)20-28(40)37(2)3/h5-18,21H,19-20H2,1-4H3,(H,33,34,35)/t21-/m0/s1. The number of rotatable bonds is 9. The van der Waals surface area contributed by atoms with Crippen LogP contribution < -0.4 is 5.32 Å². The second-order valence-corrected chi connectivity index (χ2v) is 10.1. The Balaban J connectivity index is 1.52. The summed E-state index contributed by atoms with van der Waals surface area (Å²) in [7, 11) is 5.42. The number of anilines is 1. The molecule has 5 rings (SSSR count). The lowest BCUT2D eigenvalue weighted by Gasteiger charge is -2.19. The van der Waals surface area contributed by atoms with E-state index >= 15 is 0 Å². The summed E-state index contributed by atoms with van der Waals surface area (Å²) in [6.45, 7) is 2.97. The molecule has 0 aliphatic heterocycles. The molecule has 3 aromatic heterocycles. The average molecular weight is 538 g/mol. The van der Waals surface area contributed by atoms with Gasteiger partial charge >= 0.3 is 0 Å². The lowest BCUT2D eigenvalue weighted by Crippen LogP contribution is -2.34. The summed E-state index contributed by atoms with van der Waals surface area (Å²) < 4.78 is 15.8. The van der Waals surface area contributed by atoms with Crippen LogP contribution in [0.3, 0.4) is 0 Å². The van der Waals surface area contributed by atoms with Crippen LogP contribution in [0, 0.1) is 5.82 Å². The molecule has 1 atom stereocenters. The maximum Gasteiger partial charge on any atom is 0.236 e. The second kappa shape index (κ2) is 11.6. The van der Waals surface area contributed by atoms with Crippen molar-refractivity contribution in [1.82, 2.24) is 29.2 Å². The van der Waals surface area contributed by atoms with E-state index in [0.29, 0.717) is 30.4 Å². The van der Waals surface area contributed by atoms with Gasteiger partial charge < -0.3 is 10.2 Å². The molecule has 0 spiro atoms. The van der Waals surface area contributed by atoms with E-state index in [2.05, 4.69) is 29.4 Å². The summed E-state index contributed by atoms with van der Waals surface area (Å²) in [5.74, 6) is 0.229. The molecular formula is C31H32FN7O. The van der Waals surface area contributed by atoms with Crippen LogP contribution in [0.1, 0.15) is 24.1 Å². The number of halogens is 1. The predicted octanol–water partition coefficient (Wildman–Crippen LogP) is 5.29. The Labute approximate surface area is 233 Å². The van der Waals surface area contributed by atoms with E-state index < -0.39 is 0 Å². The molecule has 0 unspecified atom stereocenters. The third-order valence-corrected chi connectivity index (χ3v) is 6.71. The monoisotopic (exact) mass is 537 g/mol. The first-order chi connectivity index (χ1) is 19.3. The predicted molar refractivity (Wildman–Crippen MR) is 155 cm³/mol. The van der Waals surface area contributed by atoms with E-state index in [0.717, 1.165) is 28.0 Å². The largest absolute Gasteiger partial charge is 0.348 e. The molecule has 1 N–H and O–H groups in total. The van der Waals surface area contributed by atoms with Crippen LogP contribution in [0.2, 0.25) is 0 Å². The van der Waals surface area contributed by atoms with Gasteiger partial charge in [0.15, 0.2) is 0 Å². The molecule has 0 saturated heterocycles. The minimum Gasteiger partial charge on any atom is -0.348 e. The number of carbonyl (C=O) groups excluding carboxylic acids is 1. The molecule has 0 aliphatic rings. The van der Waals surface area contributed by atoms with Crippen molar-refractivity contribution in [1.29, 1.82) is 0 Å². The summed E-state index contributed by atoms with van der Waals surface area (Å²) in [6.07, 6.45) is 3.69. The molecule has 9 heteroatoms. The summed E-state index contributed by atoms with van der Waals surface area (Å²) >= 11 is 0. The Bertz CT molecular complexity index is 1620. The van der Waals surface area contributed by atoms with E-state index in [1.807, 2.05) is 58.9 Å². The van der Waals surface area contributed by atoms with Crippen molar-refractivity contribution in [3.05, 3.63) is 102 Å². The summed E-state index contributed by atoms with van der Waals surface area (Å²) in [4.78, 5) is 29.9. The Morgan fingerprint density at radius 3 is 2.48 bits per heavy atom. The molecule has 0 saturated carbocycles. The Kier molecular flexibility index (Phi) is 7.84. The van der Waals surface area contributed by atoms with Crippen molar-refractivity contribution in [2.75, 3.05) is 33.0 Å². The van der Waals surface area contributed by atoms with E-state index in [4.69, 9.17) is 9.97 Å². The van der Waals surface area contributed by atoms with Gasteiger partial charge in [-0.2, -0.15) is 0 Å². The SMILES string of the molecule is C[C@H](Nc1nccc(-c2c(-c3ccc(F)cc3)nc3cc(CN(C)CC(=O)N(C)C)ccn23)n1)c1ccccc1. The van der Waals surface area contributed by atoms with Gasteiger partial charge in [-0.25, -0.2) is 19.3 Å². The van der Waals surface area contributed by atoms with E-state index in [1.165, 1.54) is 12.1 Å². The van der Waals surface area contributed by atoms with Crippen molar-refractivity contribution >= 4 is 17.5 Å². The van der Waals surface area contributed by atoms with Crippen LogP contribution in [0.25, 0.3) is 28.3 Å². The third kappa shape index (κ3) is 6.00. The number of nitrogens with one attached hydrogen (secondary N) is 1. The molecule has 1 amide bonds. The highest BCUT2D eigenvalue weighted by atomic mass is 19.1. The first-order valence-corrected chi connectivity index (χ1v) is 13.1. The average Bonchev–Trinajstić information content (AvgIpc) is 3.32. The normalized spacial score (nSPS) is 12.1. The molecule has 3 heterocycles. The van der Waals surface area contributed by atoms with Crippen molar-refractivity contribution in [2.24, 2.45) is 0 Å². The Morgan fingerprint density at radius 2 is 1.75 bits per heavy atom. The minimum absolute atomic E-state index is 0.00845. The van der Waals surface area contributed by atoms with Gasteiger partial charge in [-0.3, -0.25) is 14.1 Å². The smallest absolute Gasteiger partial charge is 0.236 e. The van der Waals surface area contributed by atoms with E-state index in [9.17, 15) is 9.18 Å². The number of fused-ring (bicyclic) bond motifs is 1. The maximum atomic E-state index is 13.8. The van der Waals surface area contributed by atoms with Crippen molar-refractivity contribution in [3.8, 4) is 22.6 Å². The summed E-state index contributed by atoms with van der Waals surface area (Å²) in [5.41, 5.74) is 5.81. The Hall–Kier alpha value is -4.63. The van der Waals surface area contributed by atoms with Gasteiger partial charge in [0, 0.05) is 38.6 Å². The van der Waals surface area contributed by atoms with E-state index in [-0.39, 0.29) is 17.8 Å². The molecule has 0 fully saturated rings.